The first-order chi connectivity index (χ1) is 18.4. The van der Waals surface area contributed by atoms with Crippen molar-refractivity contribution in [2.45, 2.75) is 51.2 Å². The lowest BCUT2D eigenvalue weighted by atomic mass is 9.97. The number of halogens is 1. The lowest BCUT2D eigenvalue weighted by Crippen LogP contribution is -2.27. The number of anilines is 1. The molecule has 0 aliphatic carbocycles. The van der Waals surface area contributed by atoms with Crippen LogP contribution in [0.5, 0.6) is 0 Å². The molecule has 0 radical (unpaired) electrons. The number of rotatable bonds is 12. The summed E-state index contributed by atoms with van der Waals surface area (Å²) in [6.45, 7) is 3.71. The summed E-state index contributed by atoms with van der Waals surface area (Å²) in [6, 6.07) is 5.49. The minimum absolute atomic E-state index is 0.0601. The first-order valence-corrected chi connectivity index (χ1v) is 13.6. The van der Waals surface area contributed by atoms with Crippen molar-refractivity contribution >= 4 is 40.0 Å². The number of aliphatic hydroxyl groups excluding tert-OH is 2. The number of carbonyl (C=O) groups is 3. The SMILES string of the molecule is CC(C)c1nc(N(C)S(C)(=O)=O)nc(-c2ccc(F)cc2)c1/C=C/C(O)CC(O)CC(=O)O.O=C(O)CC(=O)O. The molecule has 40 heavy (non-hydrogen) atoms. The highest BCUT2D eigenvalue weighted by Crippen LogP contribution is 2.31. The lowest BCUT2D eigenvalue weighted by Gasteiger charge is -2.20. The van der Waals surface area contributed by atoms with Gasteiger partial charge < -0.3 is 25.5 Å². The second-order valence-electron chi connectivity index (χ2n) is 8.94. The standard InChI is InChI=1S/C22H28FN3O6S.C3H4O4/c1-13(2)20-18(10-9-16(27)11-17(28)12-19(29)30)21(14-5-7-15(23)8-6-14)25-22(24-20)26(3)33(4,31)32;4-2(5)1-3(6)7/h5-10,13,16-17,27-28H,11-12H2,1-4H3,(H,29,30);1H2,(H,4,5)(H,6,7)/b10-9+;. The predicted molar refractivity (Wildman–Crippen MR) is 143 cm³/mol. The summed E-state index contributed by atoms with van der Waals surface area (Å²) in [5, 5.41) is 44.2. The van der Waals surface area contributed by atoms with Gasteiger partial charge in [0.1, 0.15) is 12.2 Å². The molecule has 0 aliphatic heterocycles. The van der Waals surface area contributed by atoms with Crippen molar-refractivity contribution < 1.29 is 52.7 Å². The maximum absolute atomic E-state index is 13.5. The number of hydrogen-bond acceptors (Lipinski definition) is 9. The fraction of sp³-hybridized carbons (Fsp3) is 0.400. The molecule has 2 unspecified atom stereocenters. The molecule has 0 bridgehead atoms. The number of aliphatic carboxylic acids is 3. The number of hydrogen-bond donors (Lipinski definition) is 5. The van der Waals surface area contributed by atoms with E-state index in [1.165, 1.54) is 43.5 Å². The molecule has 15 heteroatoms. The molecule has 2 aromatic rings. The van der Waals surface area contributed by atoms with Crippen molar-refractivity contribution in [3.8, 4) is 11.3 Å². The Balaban J connectivity index is 0.00000101. The van der Waals surface area contributed by atoms with E-state index < -0.39 is 58.8 Å². The first kappa shape index (κ1) is 34.1. The Labute approximate surface area is 230 Å². The zero-order chi connectivity index (χ0) is 30.8. The maximum atomic E-state index is 13.5. The van der Waals surface area contributed by atoms with E-state index >= 15 is 0 Å². The van der Waals surface area contributed by atoms with Gasteiger partial charge in [-0.3, -0.25) is 14.4 Å². The van der Waals surface area contributed by atoms with Gasteiger partial charge in [-0.25, -0.2) is 27.1 Å². The first-order valence-electron chi connectivity index (χ1n) is 11.7. The number of carboxylic acid groups (broad SMARTS) is 3. The van der Waals surface area contributed by atoms with Crippen LogP contribution in [-0.4, -0.2) is 87.3 Å². The quantitative estimate of drug-likeness (QED) is 0.226. The Morgan fingerprint density at radius 3 is 1.98 bits per heavy atom. The molecule has 0 saturated carbocycles. The maximum Gasteiger partial charge on any atom is 0.314 e. The van der Waals surface area contributed by atoms with E-state index in [4.69, 9.17) is 15.3 Å². The van der Waals surface area contributed by atoms with E-state index in [0.29, 0.717) is 22.5 Å². The molecule has 5 N–H and O–H groups in total. The molecule has 1 aromatic heterocycles. The minimum atomic E-state index is -3.65. The minimum Gasteiger partial charge on any atom is -0.481 e. The molecule has 0 aliphatic rings. The second kappa shape index (κ2) is 15.0. The topological polar surface area (TPSA) is 216 Å². The van der Waals surface area contributed by atoms with Crippen LogP contribution in [0.2, 0.25) is 0 Å². The molecule has 13 nitrogen and oxygen atoms in total. The van der Waals surface area contributed by atoms with Gasteiger partial charge in [-0.05, 0) is 30.2 Å². The van der Waals surface area contributed by atoms with Crippen molar-refractivity contribution in [2.24, 2.45) is 0 Å². The largest absolute Gasteiger partial charge is 0.481 e. The van der Waals surface area contributed by atoms with Gasteiger partial charge in [0.2, 0.25) is 16.0 Å². The molecular weight excluding hydrogens is 553 g/mol. The number of nitrogens with zero attached hydrogens (tertiary/aromatic N) is 3. The molecular formula is C25H32FN3O10S. The number of aliphatic hydroxyl groups is 2. The highest BCUT2D eigenvalue weighted by atomic mass is 32.2. The van der Waals surface area contributed by atoms with E-state index in [-0.39, 0.29) is 18.3 Å². The molecule has 1 aromatic carbocycles. The molecule has 2 rings (SSSR count). The average molecular weight is 586 g/mol. The molecule has 0 spiro atoms. The fourth-order valence-corrected chi connectivity index (χ4v) is 3.55. The second-order valence-corrected chi connectivity index (χ2v) is 11.0. The van der Waals surface area contributed by atoms with Crippen molar-refractivity contribution in [1.82, 2.24) is 9.97 Å². The highest BCUT2D eigenvalue weighted by molar-refractivity contribution is 7.92. The summed E-state index contributed by atoms with van der Waals surface area (Å²) in [6.07, 6.45) is 0.0541. The molecule has 1 heterocycles. The zero-order valence-electron chi connectivity index (χ0n) is 22.2. The van der Waals surface area contributed by atoms with Crippen LogP contribution in [0.4, 0.5) is 10.3 Å². The Hall–Kier alpha value is -3.95. The van der Waals surface area contributed by atoms with Gasteiger partial charge >= 0.3 is 17.9 Å². The summed E-state index contributed by atoms with van der Waals surface area (Å²) in [7, 11) is -2.33. The lowest BCUT2D eigenvalue weighted by molar-refractivity contribution is -0.147. The van der Waals surface area contributed by atoms with E-state index in [0.717, 1.165) is 10.6 Å². The fourth-order valence-electron chi connectivity index (χ4n) is 3.17. The Morgan fingerprint density at radius 2 is 1.55 bits per heavy atom. The van der Waals surface area contributed by atoms with Crippen LogP contribution in [0.1, 0.15) is 50.3 Å². The van der Waals surface area contributed by atoms with Crippen molar-refractivity contribution in [2.75, 3.05) is 17.6 Å². The summed E-state index contributed by atoms with van der Waals surface area (Å²) in [5.41, 5.74) is 1.80. The average Bonchev–Trinajstić information content (AvgIpc) is 2.80. The van der Waals surface area contributed by atoms with Crippen molar-refractivity contribution in [3.63, 3.8) is 0 Å². The van der Waals surface area contributed by atoms with Gasteiger partial charge in [0, 0.05) is 24.6 Å². The van der Waals surface area contributed by atoms with Crippen LogP contribution in [0.15, 0.2) is 30.3 Å². The monoisotopic (exact) mass is 585 g/mol. The summed E-state index contributed by atoms with van der Waals surface area (Å²) < 4.78 is 38.6. The van der Waals surface area contributed by atoms with Gasteiger partial charge in [0.25, 0.3) is 0 Å². The third-order valence-corrected chi connectivity index (χ3v) is 6.28. The molecule has 0 fully saturated rings. The van der Waals surface area contributed by atoms with Gasteiger partial charge in [0.15, 0.2) is 0 Å². The smallest absolute Gasteiger partial charge is 0.314 e. The zero-order valence-corrected chi connectivity index (χ0v) is 23.0. The number of sulfonamides is 1. The van der Waals surface area contributed by atoms with Crippen LogP contribution in [0, 0.1) is 5.82 Å². The number of aromatic nitrogens is 2. The molecule has 2 atom stereocenters. The van der Waals surface area contributed by atoms with E-state index in [1.54, 1.807) is 0 Å². The van der Waals surface area contributed by atoms with E-state index in [2.05, 4.69) is 9.97 Å². The van der Waals surface area contributed by atoms with Gasteiger partial charge in [0.05, 0.1) is 36.3 Å². The van der Waals surface area contributed by atoms with E-state index in [9.17, 15) is 37.4 Å². The van der Waals surface area contributed by atoms with Crippen LogP contribution in [0.3, 0.4) is 0 Å². The van der Waals surface area contributed by atoms with Crippen LogP contribution >= 0.6 is 0 Å². The van der Waals surface area contributed by atoms with Crippen molar-refractivity contribution in [3.05, 3.63) is 47.4 Å². The molecule has 0 saturated heterocycles. The Morgan fingerprint density at radius 1 is 1.00 bits per heavy atom. The molecule has 0 amide bonds. The highest BCUT2D eigenvalue weighted by Gasteiger charge is 2.22. The number of carboxylic acids is 3. The Bertz CT molecular complexity index is 1320. The van der Waals surface area contributed by atoms with Gasteiger partial charge in [-0.1, -0.05) is 26.0 Å². The third kappa shape index (κ3) is 11.4. The van der Waals surface area contributed by atoms with Gasteiger partial charge in [-0.2, -0.15) is 0 Å². The van der Waals surface area contributed by atoms with E-state index in [1.807, 2.05) is 13.8 Å². The summed E-state index contributed by atoms with van der Waals surface area (Å²) in [4.78, 5) is 38.4. The van der Waals surface area contributed by atoms with Crippen molar-refractivity contribution in [1.29, 1.82) is 0 Å². The van der Waals surface area contributed by atoms with Crippen LogP contribution < -0.4 is 4.31 Å². The number of benzene rings is 1. The summed E-state index contributed by atoms with van der Waals surface area (Å²) >= 11 is 0. The molecule has 220 valence electrons. The third-order valence-electron chi connectivity index (χ3n) is 5.12. The predicted octanol–water partition coefficient (Wildman–Crippen LogP) is 1.95. The van der Waals surface area contributed by atoms with Crippen LogP contribution in [-0.2, 0) is 24.4 Å². The van der Waals surface area contributed by atoms with Gasteiger partial charge in [-0.15, -0.1) is 0 Å². The van der Waals surface area contributed by atoms with Crippen LogP contribution in [0.25, 0.3) is 17.3 Å². The normalized spacial score (nSPS) is 12.9. The summed E-state index contributed by atoms with van der Waals surface area (Å²) in [5.74, 6) is -4.49. The Kier molecular flexibility index (Phi) is 12.8.